The molecule has 1 N–H and O–H groups in total. The Bertz CT molecular complexity index is 877. The van der Waals surface area contributed by atoms with Crippen molar-refractivity contribution in [3.05, 3.63) is 69.7 Å². The van der Waals surface area contributed by atoms with Crippen LogP contribution in [0.1, 0.15) is 30.1 Å². The summed E-state index contributed by atoms with van der Waals surface area (Å²) in [6.07, 6.45) is 0. The van der Waals surface area contributed by atoms with E-state index in [4.69, 9.17) is 28.0 Å². The minimum atomic E-state index is -3.69. The van der Waals surface area contributed by atoms with Crippen molar-refractivity contribution in [2.45, 2.75) is 24.3 Å². The normalized spacial score (nSPS) is 22.5. The third-order valence-corrected chi connectivity index (χ3v) is 7.23. The molecule has 0 spiro atoms. The van der Waals surface area contributed by atoms with Gasteiger partial charge in [-0.3, -0.25) is 4.84 Å². The highest BCUT2D eigenvalue weighted by Crippen LogP contribution is 2.39. The van der Waals surface area contributed by atoms with Gasteiger partial charge in [-0.25, -0.2) is 13.1 Å². The van der Waals surface area contributed by atoms with Crippen LogP contribution in [-0.2, 0) is 14.9 Å². The van der Waals surface area contributed by atoms with E-state index in [0.29, 0.717) is 15.6 Å². The van der Waals surface area contributed by atoms with Crippen molar-refractivity contribution in [1.82, 2.24) is 9.79 Å². The summed E-state index contributed by atoms with van der Waals surface area (Å²) in [4.78, 5) is 5.51. The number of hydrogen-bond acceptors (Lipinski definition) is 4. The van der Waals surface area contributed by atoms with Crippen molar-refractivity contribution in [3.63, 3.8) is 0 Å². The standard InChI is InChI=1S/C18H20Cl2N2O3S/c1-12(13-7-4-3-5-8-13)21-26(23,24)16-11-25-22(2)18(16)14-9-6-10-15(19)17(14)20/h3-10,12,16,18,21H,11H2,1-2H3. The second kappa shape index (κ2) is 7.84. The molecule has 140 valence electrons. The van der Waals surface area contributed by atoms with Gasteiger partial charge >= 0.3 is 0 Å². The Kier molecular flexibility index (Phi) is 5.91. The number of hydrogen-bond donors (Lipinski definition) is 1. The minimum Gasteiger partial charge on any atom is -0.297 e. The van der Waals surface area contributed by atoms with E-state index >= 15 is 0 Å². The van der Waals surface area contributed by atoms with E-state index in [-0.39, 0.29) is 12.6 Å². The number of halogens is 2. The molecule has 0 aliphatic carbocycles. The quantitative estimate of drug-likeness (QED) is 0.803. The van der Waals surface area contributed by atoms with Crippen LogP contribution < -0.4 is 4.72 Å². The third-order valence-electron chi connectivity index (χ3n) is 4.53. The van der Waals surface area contributed by atoms with Crippen LogP contribution in [0.25, 0.3) is 0 Å². The average Bonchev–Trinajstić information content (AvgIpc) is 3.00. The molecule has 0 bridgehead atoms. The molecule has 8 heteroatoms. The first-order valence-corrected chi connectivity index (χ1v) is 10.5. The van der Waals surface area contributed by atoms with Gasteiger partial charge in [0.05, 0.1) is 22.7 Å². The maximum Gasteiger partial charge on any atom is 0.219 e. The summed E-state index contributed by atoms with van der Waals surface area (Å²) in [5, 5.41) is 1.43. The fraction of sp³-hybridized carbons (Fsp3) is 0.333. The second-order valence-corrected chi connectivity index (χ2v) is 8.98. The molecule has 2 aromatic carbocycles. The van der Waals surface area contributed by atoms with E-state index in [0.717, 1.165) is 5.56 Å². The van der Waals surface area contributed by atoms with Crippen molar-refractivity contribution in [2.75, 3.05) is 13.7 Å². The number of nitrogens with one attached hydrogen (secondary N) is 1. The minimum absolute atomic E-state index is 0.0425. The van der Waals surface area contributed by atoms with Gasteiger partial charge in [0.1, 0.15) is 5.25 Å². The molecule has 1 aliphatic rings. The van der Waals surface area contributed by atoms with Crippen molar-refractivity contribution >= 4 is 33.2 Å². The molecule has 1 saturated heterocycles. The summed E-state index contributed by atoms with van der Waals surface area (Å²) >= 11 is 12.4. The van der Waals surface area contributed by atoms with Gasteiger partial charge in [0, 0.05) is 13.1 Å². The van der Waals surface area contributed by atoms with Crippen LogP contribution in [0.4, 0.5) is 0 Å². The zero-order chi connectivity index (χ0) is 18.9. The second-order valence-electron chi connectivity index (χ2n) is 6.26. The number of benzene rings is 2. The fourth-order valence-corrected chi connectivity index (χ4v) is 5.27. The van der Waals surface area contributed by atoms with Gasteiger partial charge in [-0.2, -0.15) is 5.06 Å². The van der Waals surface area contributed by atoms with Gasteiger partial charge in [0.15, 0.2) is 0 Å². The number of sulfonamides is 1. The molecule has 3 rings (SSSR count). The third kappa shape index (κ3) is 3.91. The largest absolute Gasteiger partial charge is 0.297 e. The molecule has 0 radical (unpaired) electrons. The molecule has 0 aromatic heterocycles. The molecule has 1 aliphatic heterocycles. The maximum absolute atomic E-state index is 13.0. The molecule has 26 heavy (non-hydrogen) atoms. The average molecular weight is 415 g/mol. The van der Waals surface area contributed by atoms with Gasteiger partial charge < -0.3 is 0 Å². The van der Waals surface area contributed by atoms with Crippen LogP contribution in [0, 0.1) is 0 Å². The Morgan fingerprint density at radius 1 is 1.15 bits per heavy atom. The van der Waals surface area contributed by atoms with Crippen LogP contribution in [0.3, 0.4) is 0 Å². The Balaban J connectivity index is 1.89. The highest BCUT2D eigenvalue weighted by Gasteiger charge is 2.44. The first-order valence-electron chi connectivity index (χ1n) is 8.17. The molecule has 1 fully saturated rings. The lowest BCUT2D eigenvalue weighted by Crippen LogP contribution is -2.40. The van der Waals surface area contributed by atoms with Crippen molar-refractivity contribution < 1.29 is 13.3 Å². The summed E-state index contributed by atoms with van der Waals surface area (Å²) in [6.45, 7) is 1.86. The Morgan fingerprint density at radius 2 is 1.85 bits per heavy atom. The van der Waals surface area contributed by atoms with Gasteiger partial charge in [-0.15, -0.1) is 0 Å². The van der Waals surface area contributed by atoms with E-state index in [2.05, 4.69) is 4.72 Å². The first-order chi connectivity index (χ1) is 12.3. The monoisotopic (exact) mass is 414 g/mol. The zero-order valence-corrected chi connectivity index (χ0v) is 16.7. The summed E-state index contributed by atoms with van der Waals surface area (Å²) in [5.74, 6) is 0. The van der Waals surface area contributed by atoms with E-state index in [1.54, 1.807) is 25.2 Å². The van der Waals surface area contributed by atoms with E-state index in [1.807, 2.05) is 37.3 Å². The molecule has 3 unspecified atom stereocenters. The van der Waals surface area contributed by atoms with Gasteiger partial charge in [0.25, 0.3) is 0 Å². The summed E-state index contributed by atoms with van der Waals surface area (Å²) in [7, 11) is -1.99. The molecule has 1 heterocycles. The number of hydroxylamine groups is 2. The fourth-order valence-electron chi connectivity index (χ4n) is 3.14. The SMILES string of the molecule is CC(NS(=O)(=O)C1CON(C)C1c1cccc(Cl)c1Cl)c1ccccc1. The smallest absolute Gasteiger partial charge is 0.219 e. The van der Waals surface area contributed by atoms with Gasteiger partial charge in [0.2, 0.25) is 10.0 Å². The first kappa shape index (κ1) is 19.6. The lowest BCUT2D eigenvalue weighted by atomic mass is 10.0. The van der Waals surface area contributed by atoms with Crippen LogP contribution in [-0.4, -0.2) is 32.4 Å². The summed E-state index contributed by atoms with van der Waals surface area (Å²) in [5.41, 5.74) is 1.52. The molecule has 5 nitrogen and oxygen atoms in total. The van der Waals surface area contributed by atoms with Crippen LogP contribution >= 0.6 is 23.2 Å². The molecule has 0 amide bonds. The maximum atomic E-state index is 13.0. The lowest BCUT2D eigenvalue weighted by molar-refractivity contribution is -0.110. The van der Waals surface area contributed by atoms with Crippen LogP contribution in [0.15, 0.2) is 48.5 Å². The highest BCUT2D eigenvalue weighted by atomic mass is 35.5. The van der Waals surface area contributed by atoms with Crippen LogP contribution in [0.2, 0.25) is 10.0 Å². The van der Waals surface area contributed by atoms with Crippen molar-refractivity contribution in [2.24, 2.45) is 0 Å². The Morgan fingerprint density at radius 3 is 2.54 bits per heavy atom. The van der Waals surface area contributed by atoms with Crippen molar-refractivity contribution in [1.29, 1.82) is 0 Å². The van der Waals surface area contributed by atoms with Crippen LogP contribution in [0.5, 0.6) is 0 Å². The summed E-state index contributed by atoms with van der Waals surface area (Å²) in [6, 6.07) is 13.7. The van der Waals surface area contributed by atoms with E-state index in [1.165, 1.54) is 5.06 Å². The van der Waals surface area contributed by atoms with E-state index in [9.17, 15) is 8.42 Å². The topological polar surface area (TPSA) is 58.6 Å². The predicted octanol–water partition coefficient (Wildman–Crippen LogP) is 3.96. The Hall–Kier alpha value is -1.15. The Labute approximate surface area is 163 Å². The highest BCUT2D eigenvalue weighted by molar-refractivity contribution is 7.90. The van der Waals surface area contributed by atoms with Gasteiger partial charge in [-0.05, 0) is 24.1 Å². The number of rotatable bonds is 5. The van der Waals surface area contributed by atoms with E-state index < -0.39 is 21.3 Å². The van der Waals surface area contributed by atoms with Gasteiger partial charge in [-0.1, -0.05) is 65.7 Å². The molecule has 0 saturated carbocycles. The summed E-state index contributed by atoms with van der Waals surface area (Å²) < 4.78 is 28.9. The number of nitrogens with zero attached hydrogens (tertiary/aromatic N) is 1. The molecule has 2 aromatic rings. The molecule has 3 atom stereocenters. The van der Waals surface area contributed by atoms with Crippen molar-refractivity contribution in [3.8, 4) is 0 Å². The zero-order valence-electron chi connectivity index (χ0n) is 14.4. The lowest BCUT2D eigenvalue weighted by Gasteiger charge is -2.25. The molecular weight excluding hydrogens is 395 g/mol. The predicted molar refractivity (Wildman–Crippen MR) is 104 cm³/mol. The molecular formula is C18H20Cl2N2O3S.